The monoisotopic (exact) mass is 303 g/mol. The third kappa shape index (κ3) is 3.71. The zero-order valence-corrected chi connectivity index (χ0v) is 13.9. The Morgan fingerprint density at radius 1 is 1.21 bits per heavy atom. The molecule has 0 unspecified atom stereocenters. The summed E-state index contributed by atoms with van der Waals surface area (Å²) in [5.74, 6) is -1.24. The van der Waals surface area contributed by atoms with Crippen molar-refractivity contribution in [3.63, 3.8) is 0 Å². The van der Waals surface area contributed by atoms with E-state index in [1.807, 2.05) is 0 Å². The fourth-order valence-corrected chi connectivity index (χ4v) is 2.13. The number of carboxylic acids is 1. The van der Waals surface area contributed by atoms with Crippen molar-refractivity contribution < 1.29 is 39.5 Å². The summed E-state index contributed by atoms with van der Waals surface area (Å²) >= 11 is 11.9. The van der Waals surface area contributed by atoms with E-state index in [1.165, 1.54) is 6.07 Å². The standard InChI is InChI=1S/C13H9Cl2NO2.Na/c1-7-9(13(17)18)4-5-12(16-7)10-3-2-8(14)6-11(10)15;/h2-6H,1H3,(H,17,18);/q;+1/p-1. The van der Waals surface area contributed by atoms with E-state index in [-0.39, 0.29) is 35.1 Å². The Labute approximate surface area is 142 Å². The maximum atomic E-state index is 10.8. The van der Waals surface area contributed by atoms with Gasteiger partial charge in [-0.3, -0.25) is 4.98 Å². The van der Waals surface area contributed by atoms with Crippen molar-refractivity contribution >= 4 is 29.2 Å². The smallest absolute Gasteiger partial charge is 0.545 e. The summed E-state index contributed by atoms with van der Waals surface area (Å²) in [7, 11) is 0. The molecule has 6 heteroatoms. The molecule has 1 heterocycles. The van der Waals surface area contributed by atoms with Gasteiger partial charge < -0.3 is 9.90 Å². The number of aromatic carboxylic acids is 1. The van der Waals surface area contributed by atoms with Crippen LogP contribution in [0, 0.1) is 6.92 Å². The van der Waals surface area contributed by atoms with E-state index in [0.29, 0.717) is 27.0 Å². The molecule has 19 heavy (non-hydrogen) atoms. The van der Waals surface area contributed by atoms with Crippen LogP contribution >= 0.6 is 23.2 Å². The fraction of sp³-hybridized carbons (Fsp3) is 0.0769. The number of carbonyl (C=O) groups is 1. The Bertz CT molecular complexity index is 632. The quantitative estimate of drug-likeness (QED) is 0.718. The van der Waals surface area contributed by atoms with Gasteiger partial charge in [0.25, 0.3) is 0 Å². The Kier molecular flexibility index (Phi) is 5.83. The number of nitrogens with zero attached hydrogens (tertiary/aromatic N) is 1. The van der Waals surface area contributed by atoms with Gasteiger partial charge in [-0.2, -0.15) is 0 Å². The maximum absolute atomic E-state index is 10.8. The van der Waals surface area contributed by atoms with E-state index in [1.54, 1.807) is 31.2 Å². The van der Waals surface area contributed by atoms with Crippen molar-refractivity contribution in [2.75, 3.05) is 0 Å². The number of halogens is 2. The summed E-state index contributed by atoms with van der Waals surface area (Å²) in [4.78, 5) is 15.0. The molecule has 0 bridgehead atoms. The molecule has 2 aromatic rings. The second kappa shape index (κ2) is 6.73. The van der Waals surface area contributed by atoms with Crippen molar-refractivity contribution in [2.24, 2.45) is 0 Å². The second-order valence-corrected chi connectivity index (χ2v) is 4.58. The molecule has 0 atom stereocenters. The molecule has 0 fully saturated rings. The molecule has 92 valence electrons. The van der Waals surface area contributed by atoms with Crippen LogP contribution in [-0.4, -0.2) is 11.0 Å². The van der Waals surface area contributed by atoms with Gasteiger partial charge in [-0.05, 0) is 37.3 Å². The SMILES string of the molecule is Cc1nc(-c2ccc(Cl)cc2Cl)ccc1C(=O)[O-].[Na+]. The molecule has 0 amide bonds. The van der Waals surface area contributed by atoms with Gasteiger partial charge in [-0.15, -0.1) is 0 Å². The average Bonchev–Trinajstić information content (AvgIpc) is 2.28. The maximum Gasteiger partial charge on any atom is 1.00 e. The summed E-state index contributed by atoms with van der Waals surface area (Å²) in [6.45, 7) is 1.61. The molecule has 0 spiro atoms. The molecule has 0 saturated heterocycles. The van der Waals surface area contributed by atoms with Crippen LogP contribution in [0.3, 0.4) is 0 Å². The largest absolute Gasteiger partial charge is 1.00 e. The number of pyridine rings is 1. The van der Waals surface area contributed by atoms with Gasteiger partial charge in [0.1, 0.15) is 0 Å². The van der Waals surface area contributed by atoms with Crippen LogP contribution in [-0.2, 0) is 0 Å². The van der Waals surface area contributed by atoms with Crippen LogP contribution in [0.5, 0.6) is 0 Å². The average molecular weight is 304 g/mol. The third-order valence-corrected chi connectivity index (χ3v) is 3.06. The van der Waals surface area contributed by atoms with Gasteiger partial charge >= 0.3 is 29.6 Å². The van der Waals surface area contributed by atoms with Gasteiger partial charge in [-0.1, -0.05) is 23.2 Å². The minimum Gasteiger partial charge on any atom is -0.545 e. The summed E-state index contributed by atoms with van der Waals surface area (Å²) in [5, 5.41) is 11.8. The number of carboxylic acid groups (broad SMARTS) is 1. The molecule has 0 radical (unpaired) electrons. The van der Waals surface area contributed by atoms with Crippen LogP contribution in [0.4, 0.5) is 0 Å². The zero-order chi connectivity index (χ0) is 13.3. The Balaban J connectivity index is 0.00000180. The number of benzene rings is 1. The summed E-state index contributed by atoms with van der Waals surface area (Å²) < 4.78 is 0. The van der Waals surface area contributed by atoms with Crippen molar-refractivity contribution in [1.82, 2.24) is 4.98 Å². The van der Waals surface area contributed by atoms with Gasteiger partial charge in [0, 0.05) is 21.8 Å². The first-order chi connectivity index (χ1) is 8.49. The Hall–Kier alpha value is -0.580. The molecular formula is C13H8Cl2NNaO2. The molecule has 0 aliphatic carbocycles. The first-order valence-corrected chi connectivity index (χ1v) is 5.89. The number of rotatable bonds is 2. The molecule has 0 saturated carbocycles. The third-order valence-electron chi connectivity index (χ3n) is 2.51. The topological polar surface area (TPSA) is 53.0 Å². The molecule has 0 aliphatic heterocycles. The van der Waals surface area contributed by atoms with E-state index >= 15 is 0 Å². The van der Waals surface area contributed by atoms with Crippen LogP contribution in [0.15, 0.2) is 30.3 Å². The van der Waals surface area contributed by atoms with Crippen molar-refractivity contribution in [1.29, 1.82) is 0 Å². The van der Waals surface area contributed by atoms with E-state index in [0.717, 1.165) is 0 Å². The van der Waals surface area contributed by atoms with Crippen molar-refractivity contribution in [3.8, 4) is 11.3 Å². The van der Waals surface area contributed by atoms with E-state index in [9.17, 15) is 9.90 Å². The molecule has 3 nitrogen and oxygen atoms in total. The van der Waals surface area contributed by atoms with E-state index in [4.69, 9.17) is 23.2 Å². The van der Waals surface area contributed by atoms with Gasteiger partial charge in [-0.25, -0.2) is 0 Å². The number of carbonyl (C=O) groups excluding carboxylic acids is 1. The first-order valence-electron chi connectivity index (χ1n) is 5.13. The number of aromatic nitrogens is 1. The first kappa shape index (κ1) is 16.5. The van der Waals surface area contributed by atoms with Gasteiger partial charge in [0.15, 0.2) is 0 Å². The normalized spacial score (nSPS) is 9.84. The predicted octanol–water partition coefficient (Wildman–Crippen LogP) is -0.269. The number of hydrogen-bond donors (Lipinski definition) is 0. The molecule has 0 N–H and O–H groups in total. The minimum atomic E-state index is -1.24. The molecule has 1 aromatic carbocycles. The molecule has 0 aliphatic rings. The van der Waals surface area contributed by atoms with Crippen LogP contribution < -0.4 is 34.7 Å². The summed E-state index contributed by atoms with van der Waals surface area (Å²) in [6, 6.07) is 8.10. The van der Waals surface area contributed by atoms with Gasteiger partial charge in [0.2, 0.25) is 0 Å². The van der Waals surface area contributed by atoms with Gasteiger partial charge in [0.05, 0.1) is 16.7 Å². The van der Waals surface area contributed by atoms with Crippen LogP contribution in [0.25, 0.3) is 11.3 Å². The molecule has 1 aromatic heterocycles. The fourth-order valence-electron chi connectivity index (χ4n) is 1.62. The number of aryl methyl sites for hydroxylation is 1. The molecule has 2 rings (SSSR count). The minimum absolute atomic E-state index is 0. The zero-order valence-electron chi connectivity index (χ0n) is 10.4. The van der Waals surface area contributed by atoms with Crippen LogP contribution in [0.1, 0.15) is 16.1 Å². The molecular weight excluding hydrogens is 296 g/mol. The second-order valence-electron chi connectivity index (χ2n) is 3.74. The number of hydrogen-bond acceptors (Lipinski definition) is 3. The summed E-state index contributed by atoms with van der Waals surface area (Å²) in [6.07, 6.45) is 0. The van der Waals surface area contributed by atoms with Crippen LogP contribution in [0.2, 0.25) is 10.0 Å². The predicted molar refractivity (Wildman–Crippen MR) is 68.8 cm³/mol. The van der Waals surface area contributed by atoms with Crippen molar-refractivity contribution in [3.05, 3.63) is 51.6 Å². The Morgan fingerprint density at radius 3 is 2.42 bits per heavy atom. The van der Waals surface area contributed by atoms with E-state index < -0.39 is 5.97 Å². The Morgan fingerprint density at radius 2 is 1.89 bits per heavy atom. The van der Waals surface area contributed by atoms with Crippen molar-refractivity contribution in [2.45, 2.75) is 6.92 Å². The van der Waals surface area contributed by atoms with E-state index in [2.05, 4.69) is 4.98 Å². The summed E-state index contributed by atoms with van der Waals surface area (Å²) in [5.41, 5.74) is 1.76.